The summed E-state index contributed by atoms with van der Waals surface area (Å²) in [5.74, 6) is 0. The molecule has 2 aromatic rings. The fraction of sp³-hybridized carbons (Fsp3) is 0.533. The second kappa shape index (κ2) is 7.17. The summed E-state index contributed by atoms with van der Waals surface area (Å²) in [5.41, 5.74) is 1.16. The number of hydrogen-bond donors (Lipinski definition) is 2. The minimum atomic E-state index is 0.253. The van der Waals surface area contributed by atoms with Crippen LogP contribution in [0, 0.1) is 0 Å². The molecule has 5 nitrogen and oxygen atoms in total. The zero-order valence-corrected chi connectivity index (χ0v) is 12.9. The minimum Gasteiger partial charge on any atom is -0.396 e. The van der Waals surface area contributed by atoms with Crippen LogP contribution in [0.15, 0.2) is 29.8 Å². The van der Waals surface area contributed by atoms with Crippen molar-refractivity contribution >= 4 is 11.3 Å². The molecule has 0 spiro atoms. The molecule has 2 N–H and O–H groups in total. The lowest BCUT2D eigenvalue weighted by atomic mass is 10.1. The Kier molecular flexibility index (Phi) is 5.03. The van der Waals surface area contributed by atoms with Crippen LogP contribution in [0.5, 0.6) is 0 Å². The Morgan fingerprint density at radius 3 is 3.00 bits per heavy atom. The summed E-state index contributed by atoms with van der Waals surface area (Å²) >= 11 is 1.81. The molecule has 21 heavy (non-hydrogen) atoms. The van der Waals surface area contributed by atoms with Gasteiger partial charge in [0.05, 0.1) is 0 Å². The number of hydrogen-bond acceptors (Lipinski definition) is 5. The first kappa shape index (κ1) is 14.7. The van der Waals surface area contributed by atoms with E-state index in [9.17, 15) is 5.11 Å². The lowest BCUT2D eigenvalue weighted by Gasteiger charge is -2.41. The van der Waals surface area contributed by atoms with Crippen LogP contribution < -0.4 is 0 Å². The van der Waals surface area contributed by atoms with Crippen LogP contribution in [0.4, 0.5) is 0 Å². The summed E-state index contributed by atoms with van der Waals surface area (Å²) in [7, 11) is 0. The molecule has 1 aliphatic rings. The molecule has 114 valence electrons. The maximum Gasteiger partial charge on any atom is 0.0492 e. The van der Waals surface area contributed by atoms with Gasteiger partial charge in [0.15, 0.2) is 0 Å². The number of nitrogens with zero attached hydrogens (tertiary/aromatic N) is 3. The molecule has 0 aromatic carbocycles. The van der Waals surface area contributed by atoms with E-state index in [1.54, 1.807) is 6.20 Å². The van der Waals surface area contributed by atoms with Crippen LogP contribution in [-0.2, 0) is 13.1 Å². The van der Waals surface area contributed by atoms with Crippen LogP contribution in [-0.4, -0.2) is 57.4 Å². The lowest BCUT2D eigenvalue weighted by molar-refractivity contribution is 0.0501. The van der Waals surface area contributed by atoms with Crippen molar-refractivity contribution in [2.75, 3.05) is 26.2 Å². The van der Waals surface area contributed by atoms with Gasteiger partial charge in [-0.25, -0.2) is 0 Å². The van der Waals surface area contributed by atoms with E-state index in [0.717, 1.165) is 44.8 Å². The van der Waals surface area contributed by atoms with Crippen LogP contribution in [0.3, 0.4) is 0 Å². The zero-order chi connectivity index (χ0) is 14.5. The van der Waals surface area contributed by atoms with E-state index in [-0.39, 0.29) is 6.61 Å². The third kappa shape index (κ3) is 3.91. The zero-order valence-electron chi connectivity index (χ0n) is 12.1. The fourth-order valence-corrected chi connectivity index (χ4v) is 3.68. The van der Waals surface area contributed by atoms with E-state index in [1.165, 1.54) is 4.88 Å². The highest BCUT2D eigenvalue weighted by atomic mass is 32.1. The van der Waals surface area contributed by atoms with Crippen LogP contribution in [0.1, 0.15) is 17.0 Å². The highest BCUT2D eigenvalue weighted by Gasteiger charge is 2.26. The number of H-pyrrole nitrogens is 1. The number of piperazine rings is 1. The van der Waals surface area contributed by atoms with Crippen LogP contribution in [0.2, 0.25) is 0 Å². The van der Waals surface area contributed by atoms with Crippen molar-refractivity contribution in [1.82, 2.24) is 20.0 Å². The van der Waals surface area contributed by atoms with Gasteiger partial charge in [-0.05, 0) is 23.9 Å². The molecule has 3 rings (SSSR count). The summed E-state index contributed by atoms with van der Waals surface area (Å²) < 4.78 is 0. The minimum absolute atomic E-state index is 0.253. The molecule has 1 aliphatic heterocycles. The third-order valence-electron chi connectivity index (χ3n) is 4.04. The van der Waals surface area contributed by atoms with Gasteiger partial charge in [0, 0.05) is 62.1 Å². The first-order valence-corrected chi connectivity index (χ1v) is 8.31. The normalized spacial score (nSPS) is 20.9. The molecular weight excluding hydrogens is 284 g/mol. The number of rotatable bonds is 6. The summed E-state index contributed by atoms with van der Waals surface area (Å²) in [6.45, 7) is 5.28. The van der Waals surface area contributed by atoms with Crippen molar-refractivity contribution in [3.8, 4) is 0 Å². The molecule has 3 heterocycles. The van der Waals surface area contributed by atoms with Crippen molar-refractivity contribution in [3.63, 3.8) is 0 Å². The van der Waals surface area contributed by atoms with Crippen LogP contribution >= 0.6 is 11.3 Å². The smallest absolute Gasteiger partial charge is 0.0492 e. The van der Waals surface area contributed by atoms with Gasteiger partial charge in [-0.1, -0.05) is 6.07 Å². The average Bonchev–Trinajstić information content (AvgIpc) is 3.15. The van der Waals surface area contributed by atoms with Crippen molar-refractivity contribution in [2.24, 2.45) is 0 Å². The fourth-order valence-electron chi connectivity index (χ4n) is 2.95. The quantitative estimate of drug-likeness (QED) is 0.850. The third-order valence-corrected chi connectivity index (χ3v) is 4.90. The molecule has 2 aromatic heterocycles. The maximum atomic E-state index is 9.35. The predicted molar refractivity (Wildman–Crippen MR) is 84.1 cm³/mol. The van der Waals surface area contributed by atoms with E-state index in [2.05, 4.69) is 37.5 Å². The molecule has 0 aliphatic carbocycles. The molecule has 0 bridgehead atoms. The first-order valence-electron chi connectivity index (χ1n) is 7.43. The van der Waals surface area contributed by atoms with Crippen molar-refractivity contribution in [2.45, 2.75) is 25.6 Å². The van der Waals surface area contributed by atoms with E-state index in [0.29, 0.717) is 6.04 Å². The van der Waals surface area contributed by atoms with E-state index in [4.69, 9.17) is 0 Å². The van der Waals surface area contributed by atoms with E-state index < -0.39 is 0 Å². The average molecular weight is 306 g/mol. The van der Waals surface area contributed by atoms with Gasteiger partial charge in [-0.3, -0.25) is 14.9 Å². The SMILES string of the molecule is OCCC1CN(Cc2ccn[nH]2)CCN1Cc1cccs1. The Labute approximate surface area is 129 Å². The second-order valence-corrected chi connectivity index (χ2v) is 6.57. The molecule has 0 saturated carbocycles. The summed E-state index contributed by atoms with van der Waals surface area (Å²) in [5, 5.41) is 18.5. The van der Waals surface area contributed by atoms with Crippen molar-refractivity contribution in [1.29, 1.82) is 0 Å². The molecule has 1 atom stereocenters. The molecule has 1 unspecified atom stereocenters. The standard InChI is InChI=1S/C15H22N4OS/c20-8-4-14-11-18(10-13-3-5-16-17-13)6-7-19(14)12-15-2-1-9-21-15/h1-3,5,9,14,20H,4,6-8,10-12H2,(H,16,17). The second-order valence-electron chi connectivity index (χ2n) is 5.53. The van der Waals surface area contributed by atoms with Gasteiger partial charge in [-0.2, -0.15) is 5.10 Å². The highest BCUT2D eigenvalue weighted by Crippen LogP contribution is 2.19. The summed E-state index contributed by atoms with van der Waals surface area (Å²) in [6, 6.07) is 6.75. The number of aromatic nitrogens is 2. The monoisotopic (exact) mass is 306 g/mol. The topological polar surface area (TPSA) is 55.4 Å². The Hall–Kier alpha value is -1.21. The van der Waals surface area contributed by atoms with Crippen molar-refractivity contribution in [3.05, 3.63) is 40.3 Å². The van der Waals surface area contributed by atoms with Crippen LogP contribution in [0.25, 0.3) is 0 Å². The number of aliphatic hydroxyl groups excluding tert-OH is 1. The Balaban J connectivity index is 1.59. The maximum absolute atomic E-state index is 9.35. The van der Waals surface area contributed by atoms with Gasteiger partial charge < -0.3 is 5.11 Å². The first-order chi connectivity index (χ1) is 10.3. The lowest BCUT2D eigenvalue weighted by Crippen LogP contribution is -2.52. The largest absolute Gasteiger partial charge is 0.396 e. The molecule has 1 saturated heterocycles. The molecule has 1 fully saturated rings. The van der Waals surface area contributed by atoms with Crippen molar-refractivity contribution < 1.29 is 5.11 Å². The number of aliphatic hydroxyl groups is 1. The number of thiophene rings is 1. The Morgan fingerprint density at radius 1 is 1.33 bits per heavy atom. The van der Waals surface area contributed by atoms with Gasteiger partial charge in [-0.15, -0.1) is 11.3 Å². The van der Waals surface area contributed by atoms with Gasteiger partial charge in [0.25, 0.3) is 0 Å². The summed E-state index contributed by atoms with van der Waals surface area (Å²) in [6.07, 6.45) is 2.64. The van der Waals surface area contributed by atoms with Gasteiger partial charge in [0.2, 0.25) is 0 Å². The number of nitrogens with one attached hydrogen (secondary N) is 1. The molecular formula is C15H22N4OS. The molecule has 6 heteroatoms. The van der Waals surface area contributed by atoms with Gasteiger partial charge >= 0.3 is 0 Å². The van der Waals surface area contributed by atoms with E-state index >= 15 is 0 Å². The number of aromatic amines is 1. The highest BCUT2D eigenvalue weighted by molar-refractivity contribution is 7.09. The summed E-state index contributed by atoms with van der Waals surface area (Å²) in [4.78, 5) is 6.35. The molecule has 0 radical (unpaired) electrons. The predicted octanol–water partition coefficient (Wildman–Crippen LogP) is 1.54. The Morgan fingerprint density at radius 2 is 2.29 bits per heavy atom. The van der Waals surface area contributed by atoms with E-state index in [1.807, 2.05) is 17.4 Å². The molecule has 0 amide bonds. The van der Waals surface area contributed by atoms with Gasteiger partial charge in [0.1, 0.15) is 0 Å². The Bertz CT molecular complexity index is 514.